The van der Waals surface area contributed by atoms with E-state index in [2.05, 4.69) is 49.6 Å². The van der Waals surface area contributed by atoms with E-state index in [1.807, 2.05) is 19.1 Å². The fourth-order valence-corrected chi connectivity index (χ4v) is 6.77. The number of rotatable bonds is 6. The van der Waals surface area contributed by atoms with Crippen LogP contribution in [0.4, 0.5) is 11.6 Å². The van der Waals surface area contributed by atoms with Gasteiger partial charge in [-0.2, -0.15) is 9.97 Å². The van der Waals surface area contributed by atoms with Crippen LogP contribution in [-0.4, -0.2) is 48.7 Å². The van der Waals surface area contributed by atoms with Gasteiger partial charge in [0.15, 0.2) is 0 Å². The molecule has 7 rings (SSSR count). The zero-order valence-corrected chi connectivity index (χ0v) is 24.4. The molecule has 214 valence electrons. The summed E-state index contributed by atoms with van der Waals surface area (Å²) in [5.41, 5.74) is 4.53. The van der Waals surface area contributed by atoms with Crippen LogP contribution in [0.2, 0.25) is 5.02 Å². The van der Waals surface area contributed by atoms with Gasteiger partial charge in [0, 0.05) is 58.5 Å². The van der Waals surface area contributed by atoms with Crippen molar-refractivity contribution in [3.63, 3.8) is 0 Å². The normalized spacial score (nSPS) is 18.8. The van der Waals surface area contributed by atoms with Crippen molar-refractivity contribution in [1.82, 2.24) is 29.6 Å². The van der Waals surface area contributed by atoms with Gasteiger partial charge < -0.3 is 14.7 Å². The second-order valence-electron chi connectivity index (χ2n) is 11.2. The van der Waals surface area contributed by atoms with Gasteiger partial charge in [0.2, 0.25) is 17.7 Å². The number of nitrogens with one attached hydrogen (secondary N) is 1. The number of hydrogen-bond acceptors (Lipinski definition) is 8. The molecule has 10 heteroatoms. The van der Waals surface area contributed by atoms with Gasteiger partial charge in [0.25, 0.3) is 5.56 Å². The molecule has 0 bridgehead atoms. The Bertz CT molecular complexity index is 1830. The average Bonchev–Trinajstić information content (AvgIpc) is 3.66. The number of benzene rings is 2. The lowest BCUT2D eigenvalue weighted by Crippen LogP contribution is -2.37. The molecule has 5 heterocycles. The Morgan fingerprint density at radius 1 is 1.05 bits per heavy atom. The lowest BCUT2D eigenvalue weighted by Gasteiger charge is -2.35. The molecule has 0 spiro atoms. The summed E-state index contributed by atoms with van der Waals surface area (Å²) in [7, 11) is 0. The Kier molecular flexibility index (Phi) is 6.99. The molecule has 2 atom stereocenters. The number of hydrogen-bond donors (Lipinski definition) is 1. The minimum atomic E-state index is -0.169. The van der Waals surface area contributed by atoms with Crippen LogP contribution in [0.15, 0.2) is 64.0 Å². The SMILES string of the molecule is CCn1c(=O)c(-c2ccc(-c3noc(C)n3)cc2Cl)cc2cnc(Nc3ccc(C4CCN5CCCC5C4)cc3)nc21. The van der Waals surface area contributed by atoms with E-state index in [-0.39, 0.29) is 5.56 Å². The zero-order chi connectivity index (χ0) is 28.8. The fraction of sp³-hybridized carbons (Fsp3) is 0.344. The molecule has 3 aromatic heterocycles. The van der Waals surface area contributed by atoms with Crippen LogP contribution in [0.3, 0.4) is 0 Å². The molecule has 0 radical (unpaired) electrons. The minimum Gasteiger partial charge on any atom is -0.339 e. The summed E-state index contributed by atoms with van der Waals surface area (Å²) >= 11 is 6.66. The van der Waals surface area contributed by atoms with E-state index in [9.17, 15) is 4.79 Å². The number of pyridine rings is 1. The van der Waals surface area contributed by atoms with E-state index < -0.39 is 0 Å². The first-order chi connectivity index (χ1) is 20.5. The molecule has 0 aliphatic carbocycles. The number of anilines is 2. The molecule has 0 amide bonds. The van der Waals surface area contributed by atoms with E-state index in [0.29, 0.717) is 57.5 Å². The summed E-state index contributed by atoms with van der Waals surface area (Å²) in [6.07, 6.45) is 6.89. The topological polar surface area (TPSA) is 102 Å². The van der Waals surface area contributed by atoms with Gasteiger partial charge in [-0.1, -0.05) is 41.0 Å². The summed E-state index contributed by atoms with van der Waals surface area (Å²) < 4.78 is 6.74. The number of fused-ring (bicyclic) bond motifs is 2. The summed E-state index contributed by atoms with van der Waals surface area (Å²) in [6, 6.07) is 16.6. The summed E-state index contributed by atoms with van der Waals surface area (Å²) in [4.78, 5) is 29.9. The molecule has 2 aliphatic rings. The van der Waals surface area contributed by atoms with E-state index in [1.165, 1.54) is 44.3 Å². The first kappa shape index (κ1) is 26.8. The molecular weight excluding hydrogens is 550 g/mol. The van der Waals surface area contributed by atoms with Crippen molar-refractivity contribution in [2.45, 2.75) is 58.0 Å². The molecule has 9 nitrogen and oxygen atoms in total. The first-order valence-electron chi connectivity index (χ1n) is 14.6. The molecule has 2 unspecified atom stereocenters. The van der Waals surface area contributed by atoms with Crippen molar-refractivity contribution >= 4 is 34.3 Å². The fourth-order valence-electron chi connectivity index (χ4n) is 6.49. The van der Waals surface area contributed by atoms with Crippen LogP contribution in [-0.2, 0) is 6.54 Å². The van der Waals surface area contributed by atoms with Crippen LogP contribution >= 0.6 is 11.6 Å². The zero-order valence-electron chi connectivity index (χ0n) is 23.7. The highest BCUT2D eigenvalue weighted by atomic mass is 35.5. The van der Waals surface area contributed by atoms with Gasteiger partial charge in [-0.3, -0.25) is 9.36 Å². The maximum atomic E-state index is 13.6. The van der Waals surface area contributed by atoms with E-state index in [1.54, 1.807) is 29.8 Å². The number of aryl methyl sites for hydroxylation is 2. The molecule has 2 saturated heterocycles. The van der Waals surface area contributed by atoms with Crippen LogP contribution < -0.4 is 10.9 Å². The average molecular weight is 582 g/mol. The van der Waals surface area contributed by atoms with Crippen LogP contribution in [0.5, 0.6) is 0 Å². The van der Waals surface area contributed by atoms with Gasteiger partial charge in [-0.05, 0) is 81.4 Å². The maximum absolute atomic E-state index is 13.6. The lowest BCUT2D eigenvalue weighted by atomic mass is 9.85. The van der Waals surface area contributed by atoms with Gasteiger partial charge in [-0.25, -0.2) is 4.98 Å². The third-order valence-electron chi connectivity index (χ3n) is 8.65. The second kappa shape index (κ2) is 11.0. The number of nitrogens with zero attached hydrogens (tertiary/aromatic N) is 6. The monoisotopic (exact) mass is 581 g/mol. The van der Waals surface area contributed by atoms with Crippen LogP contribution in [0.1, 0.15) is 50.0 Å². The Labute approximate surface area is 248 Å². The third-order valence-corrected chi connectivity index (χ3v) is 8.96. The highest BCUT2D eigenvalue weighted by Crippen LogP contribution is 2.37. The number of aromatic nitrogens is 5. The van der Waals surface area contributed by atoms with Crippen LogP contribution in [0.25, 0.3) is 33.5 Å². The quantitative estimate of drug-likeness (QED) is 0.240. The molecule has 1 N–H and O–H groups in total. The van der Waals surface area contributed by atoms with Gasteiger partial charge in [-0.15, -0.1) is 0 Å². The molecule has 0 saturated carbocycles. The predicted molar refractivity (Wildman–Crippen MR) is 164 cm³/mol. The second-order valence-corrected chi connectivity index (χ2v) is 11.6. The minimum absolute atomic E-state index is 0.169. The molecule has 5 aromatic rings. The summed E-state index contributed by atoms with van der Waals surface area (Å²) in [5, 5.41) is 8.45. The van der Waals surface area contributed by atoms with Crippen molar-refractivity contribution < 1.29 is 4.52 Å². The molecule has 2 aliphatic heterocycles. The standard InChI is InChI=1S/C32H32ClN7O2/c1-3-40-30-23(16-27(31(40)41)26-11-8-22(17-28(26)33)29-35-19(2)42-38-29)18-34-32(37-30)36-24-9-6-20(7-10-24)21-12-14-39-13-4-5-25(39)15-21/h6-11,16-18,21,25H,3-5,12-15H2,1-2H3,(H,34,36,37). The van der Waals surface area contributed by atoms with E-state index in [0.717, 1.165) is 17.1 Å². The molecule has 2 aromatic carbocycles. The van der Waals surface area contributed by atoms with Gasteiger partial charge >= 0.3 is 0 Å². The van der Waals surface area contributed by atoms with E-state index in [4.69, 9.17) is 21.1 Å². The Morgan fingerprint density at radius 3 is 2.67 bits per heavy atom. The highest BCUT2D eigenvalue weighted by Gasteiger charge is 2.32. The summed E-state index contributed by atoms with van der Waals surface area (Å²) in [6.45, 7) is 6.58. The number of piperidine rings is 1. The Morgan fingerprint density at radius 2 is 1.90 bits per heavy atom. The molecule has 42 heavy (non-hydrogen) atoms. The largest absolute Gasteiger partial charge is 0.339 e. The lowest BCUT2D eigenvalue weighted by molar-refractivity contribution is 0.181. The summed E-state index contributed by atoms with van der Waals surface area (Å²) in [5.74, 6) is 1.98. The van der Waals surface area contributed by atoms with Crippen molar-refractivity contribution in [1.29, 1.82) is 0 Å². The number of halogens is 1. The molecular formula is C32H32ClN7O2. The van der Waals surface area contributed by atoms with Crippen molar-refractivity contribution in [3.8, 4) is 22.5 Å². The maximum Gasteiger partial charge on any atom is 0.260 e. The third kappa shape index (κ3) is 4.97. The van der Waals surface area contributed by atoms with Crippen molar-refractivity contribution in [2.24, 2.45) is 0 Å². The Hall–Kier alpha value is -4.08. The van der Waals surface area contributed by atoms with Gasteiger partial charge in [0.05, 0.1) is 0 Å². The predicted octanol–water partition coefficient (Wildman–Crippen LogP) is 6.58. The smallest absolute Gasteiger partial charge is 0.260 e. The Balaban J connectivity index is 1.14. The van der Waals surface area contributed by atoms with E-state index >= 15 is 0 Å². The molecule has 2 fully saturated rings. The highest BCUT2D eigenvalue weighted by molar-refractivity contribution is 6.33. The van der Waals surface area contributed by atoms with Crippen LogP contribution in [0, 0.1) is 6.92 Å². The van der Waals surface area contributed by atoms with Crippen molar-refractivity contribution in [2.75, 3.05) is 18.4 Å². The van der Waals surface area contributed by atoms with Crippen molar-refractivity contribution in [3.05, 3.63) is 81.6 Å². The first-order valence-corrected chi connectivity index (χ1v) is 15.0. The van der Waals surface area contributed by atoms with Gasteiger partial charge in [0.1, 0.15) is 5.65 Å².